The van der Waals surface area contributed by atoms with E-state index in [-0.39, 0.29) is 17.2 Å². The van der Waals surface area contributed by atoms with Crippen molar-refractivity contribution in [2.24, 2.45) is 0 Å². The fourth-order valence-corrected chi connectivity index (χ4v) is 5.14. The summed E-state index contributed by atoms with van der Waals surface area (Å²) in [5, 5.41) is 53.4. The van der Waals surface area contributed by atoms with Gasteiger partial charge in [-0.05, 0) is 80.2 Å². The van der Waals surface area contributed by atoms with Crippen LogP contribution in [0, 0.1) is 0 Å². The Morgan fingerprint density at radius 3 is 2.33 bits per heavy atom. The number of hydrogen-bond acceptors (Lipinski definition) is 5. The highest BCUT2D eigenvalue weighted by Crippen LogP contribution is 2.40. The minimum Gasteiger partial charge on any atom is -0.478 e. The van der Waals surface area contributed by atoms with Crippen molar-refractivity contribution in [2.75, 3.05) is 0 Å². The molecule has 168 valence electrons. The summed E-state index contributed by atoms with van der Waals surface area (Å²) in [5.41, 5.74) is 3.94. The summed E-state index contributed by atoms with van der Waals surface area (Å²) in [7, 11) is 0. The zero-order valence-corrected chi connectivity index (χ0v) is 18.1. The minimum atomic E-state index is -1.15. The van der Waals surface area contributed by atoms with E-state index in [1.54, 1.807) is 30.4 Å². The molecular formula is C26H21ClO6. The maximum absolute atomic E-state index is 11.4. The molecule has 4 unspecified atom stereocenters. The zero-order chi connectivity index (χ0) is 23.4. The largest absolute Gasteiger partial charge is 0.478 e. The van der Waals surface area contributed by atoms with Crippen LogP contribution in [0.1, 0.15) is 50.7 Å². The number of hydrogen-bond donors (Lipinski definition) is 5. The van der Waals surface area contributed by atoms with Gasteiger partial charge in [0.25, 0.3) is 0 Å². The Kier molecular flexibility index (Phi) is 5.35. The lowest BCUT2D eigenvalue weighted by Crippen LogP contribution is -2.42. The summed E-state index contributed by atoms with van der Waals surface area (Å²) in [5.74, 6) is -1.99. The molecule has 2 aliphatic rings. The van der Waals surface area contributed by atoms with Gasteiger partial charge in [0, 0.05) is 10.9 Å². The maximum atomic E-state index is 11.4. The number of aliphatic hydroxyl groups is 4. The van der Waals surface area contributed by atoms with Crippen LogP contribution in [0.25, 0.3) is 23.3 Å². The monoisotopic (exact) mass is 464 g/mol. The van der Waals surface area contributed by atoms with E-state index >= 15 is 0 Å². The summed E-state index contributed by atoms with van der Waals surface area (Å²) in [6.45, 7) is -0.130. The van der Waals surface area contributed by atoms with Gasteiger partial charge in [-0.25, -0.2) is 4.79 Å². The Labute approximate surface area is 194 Å². The van der Waals surface area contributed by atoms with Gasteiger partial charge in [0.15, 0.2) is 0 Å². The third-order valence-electron chi connectivity index (χ3n) is 6.52. The number of carboxylic acid groups (broad SMARTS) is 1. The SMILES string of the molecule is O=C(O)c1ccc(Cl)c(C2C(O)C=c3c(ccc4c3=CC(O)c3ccc(CO)cc3-4)C2O)c1. The smallest absolute Gasteiger partial charge is 0.335 e. The van der Waals surface area contributed by atoms with Gasteiger partial charge in [-0.2, -0.15) is 0 Å². The molecule has 33 heavy (non-hydrogen) atoms. The van der Waals surface area contributed by atoms with Gasteiger partial charge in [0.1, 0.15) is 0 Å². The molecule has 0 amide bonds. The van der Waals surface area contributed by atoms with Gasteiger partial charge in [-0.3, -0.25) is 0 Å². The van der Waals surface area contributed by atoms with E-state index in [1.165, 1.54) is 18.2 Å². The van der Waals surface area contributed by atoms with Gasteiger partial charge in [0.05, 0.1) is 30.5 Å². The first-order valence-electron chi connectivity index (χ1n) is 10.5. The molecule has 0 aliphatic heterocycles. The number of halogens is 1. The molecular weight excluding hydrogens is 444 g/mol. The third-order valence-corrected chi connectivity index (χ3v) is 6.86. The van der Waals surface area contributed by atoms with Crippen LogP contribution in [0.5, 0.6) is 0 Å². The van der Waals surface area contributed by atoms with E-state index in [1.807, 2.05) is 12.1 Å². The van der Waals surface area contributed by atoms with Gasteiger partial charge in [-0.1, -0.05) is 35.9 Å². The number of carboxylic acids is 1. The number of fused-ring (bicyclic) bond motifs is 5. The highest BCUT2D eigenvalue weighted by atomic mass is 35.5. The van der Waals surface area contributed by atoms with Gasteiger partial charge < -0.3 is 25.5 Å². The highest BCUT2D eigenvalue weighted by Gasteiger charge is 2.35. The fourth-order valence-electron chi connectivity index (χ4n) is 4.89. The van der Waals surface area contributed by atoms with Crippen LogP contribution in [0.2, 0.25) is 5.02 Å². The van der Waals surface area contributed by atoms with Crippen molar-refractivity contribution in [3.63, 3.8) is 0 Å². The Morgan fingerprint density at radius 1 is 0.848 bits per heavy atom. The van der Waals surface area contributed by atoms with Crippen molar-refractivity contribution in [2.45, 2.75) is 30.8 Å². The summed E-state index contributed by atoms with van der Waals surface area (Å²) >= 11 is 6.32. The summed E-state index contributed by atoms with van der Waals surface area (Å²) in [4.78, 5) is 11.4. The third kappa shape index (κ3) is 3.47. The maximum Gasteiger partial charge on any atom is 0.335 e. The molecule has 3 aromatic rings. The molecule has 0 spiro atoms. The first kappa shape index (κ1) is 21.8. The molecule has 0 fully saturated rings. The Bertz CT molecular complexity index is 1410. The molecule has 5 rings (SSSR count). The molecule has 4 atom stereocenters. The normalized spacial score (nSPS) is 22.9. The molecule has 0 bridgehead atoms. The second kappa shape index (κ2) is 8.09. The predicted octanol–water partition coefficient (Wildman–Crippen LogP) is 2.00. The second-order valence-corrected chi connectivity index (χ2v) is 8.80. The number of aliphatic hydroxyl groups excluding tert-OH is 4. The topological polar surface area (TPSA) is 118 Å². The summed E-state index contributed by atoms with van der Waals surface area (Å²) in [6.07, 6.45) is 0.121. The van der Waals surface area contributed by atoms with Crippen molar-refractivity contribution in [1.82, 2.24) is 0 Å². The number of carbonyl (C=O) groups is 1. The lowest BCUT2D eigenvalue weighted by atomic mass is 9.77. The van der Waals surface area contributed by atoms with Crippen molar-refractivity contribution in [3.8, 4) is 11.1 Å². The molecule has 0 saturated heterocycles. The van der Waals surface area contributed by atoms with Gasteiger partial charge in [-0.15, -0.1) is 0 Å². The van der Waals surface area contributed by atoms with E-state index < -0.39 is 30.2 Å². The number of benzene rings is 3. The molecule has 3 aromatic carbocycles. The van der Waals surface area contributed by atoms with Crippen LogP contribution < -0.4 is 10.4 Å². The zero-order valence-electron chi connectivity index (χ0n) is 17.3. The van der Waals surface area contributed by atoms with Crippen LogP contribution in [-0.4, -0.2) is 37.6 Å². The first-order valence-corrected chi connectivity index (χ1v) is 10.9. The van der Waals surface area contributed by atoms with Crippen molar-refractivity contribution >= 4 is 29.7 Å². The fraction of sp³-hybridized carbons (Fsp3) is 0.192. The lowest BCUT2D eigenvalue weighted by molar-refractivity contribution is 0.0689. The Hall–Kier alpha value is -3.00. The van der Waals surface area contributed by atoms with Gasteiger partial charge >= 0.3 is 5.97 Å². The quantitative estimate of drug-likeness (QED) is 0.404. The van der Waals surface area contributed by atoms with Crippen molar-refractivity contribution in [3.05, 3.63) is 91.8 Å². The average molecular weight is 465 g/mol. The van der Waals surface area contributed by atoms with Crippen LogP contribution in [0.3, 0.4) is 0 Å². The van der Waals surface area contributed by atoms with E-state index in [4.69, 9.17) is 11.6 Å². The Balaban J connectivity index is 1.69. The van der Waals surface area contributed by atoms with Crippen LogP contribution >= 0.6 is 11.6 Å². The summed E-state index contributed by atoms with van der Waals surface area (Å²) in [6, 6.07) is 13.2. The number of aromatic carboxylic acids is 1. The van der Waals surface area contributed by atoms with Crippen molar-refractivity contribution < 1.29 is 30.3 Å². The number of rotatable bonds is 3. The standard InChI is InChI=1S/C26H21ClO6/c27-21-6-2-13(26(32)33)8-20(21)24-23(30)10-19-16(25(24)31)5-4-14-17-7-12(11-28)1-3-15(17)22(29)9-18(14)19/h1-10,22-25,28-31H,11H2,(H,32,33). The highest BCUT2D eigenvalue weighted by molar-refractivity contribution is 6.31. The van der Waals surface area contributed by atoms with Crippen LogP contribution in [-0.2, 0) is 6.61 Å². The van der Waals surface area contributed by atoms with Crippen LogP contribution in [0.15, 0.2) is 48.5 Å². The molecule has 0 saturated carbocycles. The first-order chi connectivity index (χ1) is 15.8. The Morgan fingerprint density at radius 2 is 1.61 bits per heavy atom. The molecule has 0 aromatic heterocycles. The van der Waals surface area contributed by atoms with E-state index in [0.717, 1.165) is 11.1 Å². The van der Waals surface area contributed by atoms with Gasteiger partial charge in [0.2, 0.25) is 0 Å². The summed E-state index contributed by atoms with van der Waals surface area (Å²) < 4.78 is 0. The van der Waals surface area contributed by atoms with E-state index in [0.29, 0.717) is 32.7 Å². The molecule has 6 nitrogen and oxygen atoms in total. The predicted molar refractivity (Wildman–Crippen MR) is 123 cm³/mol. The van der Waals surface area contributed by atoms with Crippen LogP contribution in [0.4, 0.5) is 0 Å². The average Bonchev–Trinajstić information content (AvgIpc) is 2.80. The molecule has 5 N–H and O–H groups in total. The molecule has 2 aliphatic carbocycles. The van der Waals surface area contributed by atoms with Crippen molar-refractivity contribution in [1.29, 1.82) is 0 Å². The molecule has 0 heterocycles. The lowest BCUT2D eigenvalue weighted by Gasteiger charge is -2.32. The molecule has 0 radical (unpaired) electrons. The van der Waals surface area contributed by atoms with E-state index in [2.05, 4.69) is 0 Å². The molecule has 7 heteroatoms. The second-order valence-electron chi connectivity index (χ2n) is 8.39. The van der Waals surface area contributed by atoms with E-state index in [9.17, 15) is 30.3 Å². The minimum absolute atomic E-state index is 0.0118.